The number of imidazole rings is 1. The number of nitrogens with one attached hydrogen (secondary N) is 2. The second kappa shape index (κ2) is 6.49. The van der Waals surface area contributed by atoms with Crippen LogP contribution in [0.3, 0.4) is 0 Å². The summed E-state index contributed by atoms with van der Waals surface area (Å²) < 4.78 is 26.3. The first-order chi connectivity index (χ1) is 8.72. The maximum Gasteiger partial charge on any atom is 0.257 e. The summed E-state index contributed by atoms with van der Waals surface area (Å²) in [6.45, 7) is 7.81. The van der Waals surface area contributed by atoms with Crippen LogP contribution < -0.4 is 4.72 Å². The van der Waals surface area contributed by atoms with Crippen molar-refractivity contribution in [3.63, 3.8) is 0 Å². The van der Waals surface area contributed by atoms with Gasteiger partial charge in [0.25, 0.3) is 10.0 Å². The highest BCUT2D eigenvalue weighted by molar-refractivity contribution is 7.89. The standard InChI is InChI=1S/C12H23N3O3S/c1-8(2)5-10(16)6-14-19(17,18)11-7-13-12(15-11)9(3)4/h7-10,14,16H,5-6H2,1-4H3,(H,13,15). The molecule has 7 heteroatoms. The van der Waals surface area contributed by atoms with Crippen LogP contribution in [0.25, 0.3) is 0 Å². The summed E-state index contributed by atoms with van der Waals surface area (Å²) >= 11 is 0. The van der Waals surface area contributed by atoms with E-state index < -0.39 is 16.1 Å². The molecule has 0 spiro atoms. The lowest BCUT2D eigenvalue weighted by atomic mass is 10.1. The van der Waals surface area contributed by atoms with Gasteiger partial charge in [0.2, 0.25) is 0 Å². The first kappa shape index (κ1) is 16.1. The van der Waals surface area contributed by atoms with Gasteiger partial charge in [-0.05, 0) is 12.3 Å². The number of aliphatic hydroxyl groups is 1. The molecular formula is C12H23N3O3S. The molecule has 1 unspecified atom stereocenters. The molecule has 110 valence electrons. The number of nitrogens with zero attached hydrogens (tertiary/aromatic N) is 1. The number of sulfonamides is 1. The quantitative estimate of drug-likeness (QED) is 0.703. The van der Waals surface area contributed by atoms with E-state index in [9.17, 15) is 13.5 Å². The number of rotatable bonds is 7. The molecule has 1 atom stereocenters. The van der Waals surface area contributed by atoms with Gasteiger partial charge in [0.15, 0.2) is 5.03 Å². The lowest BCUT2D eigenvalue weighted by Crippen LogP contribution is -2.33. The Morgan fingerprint density at radius 2 is 2.00 bits per heavy atom. The summed E-state index contributed by atoms with van der Waals surface area (Å²) in [4.78, 5) is 6.79. The first-order valence-corrected chi connectivity index (χ1v) is 7.93. The van der Waals surface area contributed by atoms with E-state index in [2.05, 4.69) is 14.7 Å². The molecule has 1 rings (SSSR count). The van der Waals surface area contributed by atoms with Gasteiger partial charge in [-0.3, -0.25) is 0 Å². The van der Waals surface area contributed by atoms with E-state index in [1.807, 2.05) is 27.7 Å². The van der Waals surface area contributed by atoms with Crippen LogP contribution in [-0.2, 0) is 10.0 Å². The molecule has 0 aliphatic rings. The Balaban J connectivity index is 2.65. The van der Waals surface area contributed by atoms with Crippen molar-refractivity contribution in [1.82, 2.24) is 14.7 Å². The van der Waals surface area contributed by atoms with Gasteiger partial charge in [0.1, 0.15) is 5.82 Å². The Morgan fingerprint density at radius 1 is 1.37 bits per heavy atom. The second-order valence-electron chi connectivity index (χ2n) is 5.42. The molecule has 0 aliphatic heterocycles. The van der Waals surface area contributed by atoms with Crippen LogP contribution in [0.1, 0.15) is 45.9 Å². The zero-order valence-corrected chi connectivity index (χ0v) is 12.7. The molecule has 0 fully saturated rings. The van der Waals surface area contributed by atoms with Crippen molar-refractivity contribution in [2.45, 2.75) is 51.2 Å². The average Bonchev–Trinajstić information content (AvgIpc) is 2.75. The minimum absolute atomic E-state index is 0.0105. The normalized spacial score (nSPS) is 14.3. The highest BCUT2D eigenvalue weighted by Gasteiger charge is 2.19. The fraction of sp³-hybridized carbons (Fsp3) is 0.750. The van der Waals surface area contributed by atoms with E-state index >= 15 is 0 Å². The lowest BCUT2D eigenvalue weighted by molar-refractivity contribution is 0.152. The van der Waals surface area contributed by atoms with E-state index in [4.69, 9.17) is 0 Å². The molecule has 0 aromatic carbocycles. The van der Waals surface area contributed by atoms with Gasteiger partial charge >= 0.3 is 0 Å². The van der Waals surface area contributed by atoms with E-state index in [0.29, 0.717) is 18.2 Å². The predicted octanol–water partition coefficient (Wildman–Crippen LogP) is 1.22. The maximum absolute atomic E-state index is 12.0. The third-order valence-electron chi connectivity index (χ3n) is 2.66. The van der Waals surface area contributed by atoms with Crippen molar-refractivity contribution in [2.24, 2.45) is 5.92 Å². The molecule has 0 bridgehead atoms. The van der Waals surface area contributed by atoms with Crippen LogP contribution in [-0.4, -0.2) is 36.1 Å². The topological polar surface area (TPSA) is 95.1 Å². The smallest absolute Gasteiger partial charge is 0.257 e. The number of hydrogen-bond acceptors (Lipinski definition) is 4. The molecule has 1 aromatic heterocycles. The van der Waals surface area contributed by atoms with Gasteiger partial charge in [-0.25, -0.2) is 18.1 Å². The van der Waals surface area contributed by atoms with Crippen LogP contribution in [0, 0.1) is 5.92 Å². The molecular weight excluding hydrogens is 266 g/mol. The molecule has 1 heterocycles. The first-order valence-electron chi connectivity index (χ1n) is 6.45. The Labute approximate surface area is 114 Å². The van der Waals surface area contributed by atoms with Crippen LogP contribution in [0.2, 0.25) is 0 Å². The van der Waals surface area contributed by atoms with E-state index in [1.54, 1.807) is 0 Å². The third kappa shape index (κ3) is 4.93. The summed E-state index contributed by atoms with van der Waals surface area (Å²) in [6.07, 6.45) is 1.18. The van der Waals surface area contributed by atoms with Crippen molar-refractivity contribution in [3.8, 4) is 0 Å². The van der Waals surface area contributed by atoms with Crippen LogP contribution in [0.4, 0.5) is 0 Å². The summed E-state index contributed by atoms with van der Waals surface area (Å²) in [5, 5.41) is 9.71. The van der Waals surface area contributed by atoms with Crippen molar-refractivity contribution in [3.05, 3.63) is 12.0 Å². The second-order valence-corrected chi connectivity index (χ2v) is 7.16. The monoisotopic (exact) mass is 289 g/mol. The zero-order valence-electron chi connectivity index (χ0n) is 11.8. The highest BCUT2D eigenvalue weighted by Crippen LogP contribution is 2.13. The molecule has 0 saturated carbocycles. The number of H-pyrrole nitrogens is 1. The van der Waals surface area contributed by atoms with Crippen molar-refractivity contribution in [1.29, 1.82) is 0 Å². The molecule has 6 nitrogen and oxygen atoms in total. The Hall–Kier alpha value is -0.920. The largest absolute Gasteiger partial charge is 0.392 e. The summed E-state index contributed by atoms with van der Waals surface area (Å²) in [6, 6.07) is 0. The van der Waals surface area contributed by atoms with Gasteiger partial charge < -0.3 is 10.1 Å². The SMILES string of the molecule is CC(C)CC(O)CNS(=O)(=O)c1cnc(C(C)C)[nH]1. The van der Waals surface area contributed by atoms with E-state index in [0.717, 1.165) is 0 Å². The predicted molar refractivity (Wildman–Crippen MR) is 73.3 cm³/mol. The van der Waals surface area contributed by atoms with E-state index in [-0.39, 0.29) is 17.5 Å². The fourth-order valence-corrected chi connectivity index (χ4v) is 2.66. The Bertz CT molecular complexity index is 494. The van der Waals surface area contributed by atoms with Crippen LogP contribution in [0.15, 0.2) is 11.2 Å². The molecule has 19 heavy (non-hydrogen) atoms. The van der Waals surface area contributed by atoms with Gasteiger partial charge in [0, 0.05) is 12.5 Å². The number of aliphatic hydroxyl groups excluding tert-OH is 1. The fourth-order valence-electron chi connectivity index (χ4n) is 1.66. The zero-order chi connectivity index (χ0) is 14.6. The Morgan fingerprint density at radius 3 is 2.47 bits per heavy atom. The molecule has 0 radical (unpaired) electrons. The third-order valence-corrected chi connectivity index (χ3v) is 3.99. The molecule has 1 aromatic rings. The Kier molecular flexibility index (Phi) is 5.51. The van der Waals surface area contributed by atoms with E-state index in [1.165, 1.54) is 6.20 Å². The maximum atomic E-state index is 12.0. The van der Waals surface area contributed by atoms with Crippen LogP contribution in [0.5, 0.6) is 0 Å². The number of aromatic amines is 1. The summed E-state index contributed by atoms with van der Waals surface area (Å²) in [7, 11) is -3.63. The molecule has 3 N–H and O–H groups in total. The minimum atomic E-state index is -3.63. The summed E-state index contributed by atoms with van der Waals surface area (Å²) in [5.41, 5.74) is 0. The van der Waals surface area contributed by atoms with Gasteiger partial charge in [-0.15, -0.1) is 0 Å². The molecule has 0 aliphatic carbocycles. The van der Waals surface area contributed by atoms with Crippen molar-refractivity contribution in [2.75, 3.05) is 6.54 Å². The van der Waals surface area contributed by atoms with Gasteiger partial charge in [-0.2, -0.15) is 0 Å². The van der Waals surface area contributed by atoms with Gasteiger partial charge in [0.05, 0.1) is 12.3 Å². The van der Waals surface area contributed by atoms with Crippen molar-refractivity contribution >= 4 is 10.0 Å². The van der Waals surface area contributed by atoms with Crippen LogP contribution >= 0.6 is 0 Å². The minimum Gasteiger partial charge on any atom is -0.392 e. The lowest BCUT2D eigenvalue weighted by Gasteiger charge is -2.13. The molecule has 0 saturated heterocycles. The number of hydrogen-bond donors (Lipinski definition) is 3. The molecule has 0 amide bonds. The number of aromatic nitrogens is 2. The van der Waals surface area contributed by atoms with Gasteiger partial charge in [-0.1, -0.05) is 27.7 Å². The summed E-state index contributed by atoms with van der Waals surface area (Å²) in [5.74, 6) is 1.08. The highest BCUT2D eigenvalue weighted by atomic mass is 32.2. The average molecular weight is 289 g/mol. The van der Waals surface area contributed by atoms with Crippen molar-refractivity contribution < 1.29 is 13.5 Å².